The van der Waals surface area contributed by atoms with E-state index in [1.807, 2.05) is 6.07 Å². The fourth-order valence-corrected chi connectivity index (χ4v) is 2.38. The maximum atomic E-state index is 5.85. The van der Waals surface area contributed by atoms with Crippen LogP contribution in [-0.2, 0) is 6.61 Å². The van der Waals surface area contributed by atoms with Crippen molar-refractivity contribution in [2.24, 2.45) is 0 Å². The van der Waals surface area contributed by atoms with E-state index in [0.717, 1.165) is 5.75 Å². The highest BCUT2D eigenvalue weighted by Crippen LogP contribution is 2.36. The van der Waals surface area contributed by atoms with Crippen LogP contribution >= 0.6 is 0 Å². The van der Waals surface area contributed by atoms with Gasteiger partial charge in [-0.05, 0) is 17.2 Å². The summed E-state index contributed by atoms with van der Waals surface area (Å²) in [6.45, 7) is 2.92. The van der Waals surface area contributed by atoms with Crippen molar-refractivity contribution in [2.45, 2.75) is 19.4 Å². The Morgan fingerprint density at radius 1 is 0.938 bits per heavy atom. The largest absolute Gasteiger partial charge is 0.489 e. The standard InChI is InChI=1S/C15H14O/c1-11-13-7-3-2-6-12(13)10-16-15-9-5-4-8-14(11)15/h2-9,11H,10H2,1H3. The molecule has 0 aliphatic carbocycles. The molecule has 0 saturated carbocycles. The number of rotatable bonds is 0. The molecule has 1 aliphatic heterocycles. The minimum atomic E-state index is 0.412. The molecule has 16 heavy (non-hydrogen) atoms. The van der Waals surface area contributed by atoms with Crippen molar-refractivity contribution >= 4 is 0 Å². The Labute approximate surface area is 95.7 Å². The lowest BCUT2D eigenvalue weighted by Crippen LogP contribution is -1.97. The summed E-state index contributed by atoms with van der Waals surface area (Å²) < 4.78 is 5.85. The smallest absolute Gasteiger partial charge is 0.123 e. The van der Waals surface area contributed by atoms with Gasteiger partial charge in [-0.15, -0.1) is 0 Å². The summed E-state index contributed by atoms with van der Waals surface area (Å²) >= 11 is 0. The molecule has 0 saturated heterocycles. The van der Waals surface area contributed by atoms with E-state index in [1.165, 1.54) is 16.7 Å². The van der Waals surface area contributed by atoms with E-state index in [9.17, 15) is 0 Å². The number of para-hydroxylation sites is 1. The summed E-state index contributed by atoms with van der Waals surface area (Å²) in [5, 5.41) is 0. The molecule has 2 aromatic carbocycles. The van der Waals surface area contributed by atoms with Crippen LogP contribution in [0.3, 0.4) is 0 Å². The fourth-order valence-electron chi connectivity index (χ4n) is 2.38. The Balaban J connectivity index is 2.18. The summed E-state index contributed by atoms with van der Waals surface area (Å²) in [4.78, 5) is 0. The van der Waals surface area contributed by atoms with E-state index in [4.69, 9.17) is 4.74 Å². The van der Waals surface area contributed by atoms with Crippen LogP contribution in [-0.4, -0.2) is 0 Å². The molecule has 0 fully saturated rings. The van der Waals surface area contributed by atoms with E-state index < -0.39 is 0 Å². The van der Waals surface area contributed by atoms with Gasteiger partial charge in [-0.2, -0.15) is 0 Å². The van der Waals surface area contributed by atoms with E-state index in [0.29, 0.717) is 12.5 Å². The first-order chi connectivity index (χ1) is 7.86. The molecule has 0 radical (unpaired) electrons. The molecule has 1 unspecified atom stereocenters. The zero-order valence-corrected chi connectivity index (χ0v) is 9.31. The van der Waals surface area contributed by atoms with Gasteiger partial charge >= 0.3 is 0 Å². The van der Waals surface area contributed by atoms with Crippen molar-refractivity contribution in [3.05, 3.63) is 65.2 Å². The van der Waals surface area contributed by atoms with E-state index in [1.54, 1.807) is 0 Å². The van der Waals surface area contributed by atoms with Crippen molar-refractivity contribution in [1.82, 2.24) is 0 Å². The van der Waals surface area contributed by atoms with Crippen molar-refractivity contribution in [3.63, 3.8) is 0 Å². The molecule has 3 rings (SSSR count). The highest BCUT2D eigenvalue weighted by atomic mass is 16.5. The second-order valence-corrected chi connectivity index (χ2v) is 4.25. The van der Waals surface area contributed by atoms with Crippen LogP contribution in [0.25, 0.3) is 0 Å². The van der Waals surface area contributed by atoms with Crippen LogP contribution in [0.1, 0.15) is 29.5 Å². The highest BCUT2D eigenvalue weighted by Gasteiger charge is 2.19. The Hall–Kier alpha value is -1.76. The van der Waals surface area contributed by atoms with Gasteiger partial charge in [0.2, 0.25) is 0 Å². The molecule has 1 nitrogen and oxygen atoms in total. The van der Waals surface area contributed by atoms with Gasteiger partial charge in [-0.25, -0.2) is 0 Å². The van der Waals surface area contributed by atoms with Crippen molar-refractivity contribution in [2.75, 3.05) is 0 Å². The molecule has 1 aliphatic rings. The predicted molar refractivity (Wildman–Crippen MR) is 64.7 cm³/mol. The maximum Gasteiger partial charge on any atom is 0.123 e. The Kier molecular flexibility index (Phi) is 2.17. The minimum Gasteiger partial charge on any atom is -0.489 e. The van der Waals surface area contributed by atoms with Crippen LogP contribution in [0.2, 0.25) is 0 Å². The molecule has 0 amide bonds. The first kappa shape index (κ1) is 9.46. The molecular weight excluding hydrogens is 196 g/mol. The Bertz CT molecular complexity index is 469. The molecule has 80 valence electrons. The second kappa shape index (κ2) is 3.67. The Morgan fingerprint density at radius 3 is 2.50 bits per heavy atom. The van der Waals surface area contributed by atoms with Crippen LogP contribution in [0, 0.1) is 0 Å². The normalized spacial score (nSPS) is 17.9. The van der Waals surface area contributed by atoms with Gasteiger partial charge < -0.3 is 4.74 Å². The topological polar surface area (TPSA) is 9.23 Å². The average molecular weight is 210 g/mol. The second-order valence-electron chi connectivity index (χ2n) is 4.25. The van der Waals surface area contributed by atoms with Crippen molar-refractivity contribution < 1.29 is 4.74 Å². The molecule has 0 bridgehead atoms. The summed E-state index contributed by atoms with van der Waals surface area (Å²) in [5.74, 6) is 1.43. The zero-order valence-electron chi connectivity index (χ0n) is 9.31. The summed E-state index contributed by atoms with van der Waals surface area (Å²) in [5.41, 5.74) is 3.96. The Morgan fingerprint density at radius 2 is 1.62 bits per heavy atom. The van der Waals surface area contributed by atoms with Crippen LogP contribution in [0.15, 0.2) is 48.5 Å². The van der Waals surface area contributed by atoms with Crippen LogP contribution in [0.5, 0.6) is 5.75 Å². The molecule has 1 atom stereocenters. The third-order valence-electron chi connectivity index (χ3n) is 3.29. The van der Waals surface area contributed by atoms with Crippen LogP contribution < -0.4 is 4.74 Å². The lowest BCUT2D eigenvalue weighted by Gasteiger charge is -2.13. The molecule has 2 aromatic rings. The van der Waals surface area contributed by atoms with Crippen molar-refractivity contribution in [3.8, 4) is 5.75 Å². The third kappa shape index (κ3) is 1.40. The quantitative estimate of drug-likeness (QED) is 0.643. The average Bonchev–Trinajstić information content (AvgIpc) is 2.49. The third-order valence-corrected chi connectivity index (χ3v) is 3.29. The van der Waals surface area contributed by atoms with Gasteiger partial charge in [-0.3, -0.25) is 0 Å². The van der Waals surface area contributed by atoms with Gasteiger partial charge in [0, 0.05) is 11.5 Å². The molecular formula is C15H14O. The van der Waals surface area contributed by atoms with E-state index in [2.05, 4.69) is 49.4 Å². The first-order valence-corrected chi connectivity index (χ1v) is 5.66. The fraction of sp³-hybridized carbons (Fsp3) is 0.200. The summed E-state index contributed by atoms with van der Waals surface area (Å²) in [7, 11) is 0. The van der Waals surface area contributed by atoms with E-state index in [-0.39, 0.29) is 0 Å². The van der Waals surface area contributed by atoms with Gasteiger partial charge in [-0.1, -0.05) is 49.4 Å². The van der Waals surface area contributed by atoms with Gasteiger partial charge in [0.15, 0.2) is 0 Å². The molecule has 0 spiro atoms. The van der Waals surface area contributed by atoms with Crippen LogP contribution in [0.4, 0.5) is 0 Å². The molecule has 1 heterocycles. The number of ether oxygens (including phenoxy) is 1. The summed E-state index contributed by atoms with van der Waals surface area (Å²) in [6.07, 6.45) is 0. The predicted octanol–water partition coefficient (Wildman–Crippen LogP) is 3.73. The lowest BCUT2D eigenvalue weighted by atomic mass is 9.90. The number of hydrogen-bond donors (Lipinski definition) is 0. The number of fused-ring (bicyclic) bond motifs is 2. The monoisotopic (exact) mass is 210 g/mol. The molecule has 0 N–H and O–H groups in total. The first-order valence-electron chi connectivity index (χ1n) is 5.66. The number of hydrogen-bond acceptors (Lipinski definition) is 1. The maximum absolute atomic E-state index is 5.85. The molecule has 0 aromatic heterocycles. The van der Waals surface area contributed by atoms with Crippen molar-refractivity contribution in [1.29, 1.82) is 0 Å². The number of benzene rings is 2. The summed E-state index contributed by atoms with van der Waals surface area (Å²) in [6, 6.07) is 16.8. The minimum absolute atomic E-state index is 0.412. The van der Waals surface area contributed by atoms with Gasteiger partial charge in [0.05, 0.1) is 0 Å². The van der Waals surface area contributed by atoms with E-state index >= 15 is 0 Å². The zero-order chi connectivity index (χ0) is 11.0. The SMILES string of the molecule is CC1c2ccccc2COc2ccccc21. The van der Waals surface area contributed by atoms with Gasteiger partial charge in [0.25, 0.3) is 0 Å². The van der Waals surface area contributed by atoms with Gasteiger partial charge in [0.1, 0.15) is 12.4 Å². The molecule has 1 heteroatoms. The lowest BCUT2D eigenvalue weighted by molar-refractivity contribution is 0.307. The highest BCUT2D eigenvalue weighted by molar-refractivity contribution is 5.46.